The molecule has 1 atom stereocenters. The lowest BCUT2D eigenvalue weighted by atomic mass is 10.1. The fourth-order valence-electron chi connectivity index (χ4n) is 3.31. The van der Waals surface area contributed by atoms with Crippen LogP contribution in [0.3, 0.4) is 0 Å². The minimum Gasteiger partial charge on any atom is -0.492 e. The molecule has 0 saturated carbocycles. The first-order valence-electron chi connectivity index (χ1n) is 9.52. The number of sulfone groups is 1. The first kappa shape index (κ1) is 20.9. The Balaban J connectivity index is 1.79. The zero-order valence-electron chi connectivity index (χ0n) is 16.4. The molecule has 8 heteroatoms. The van der Waals surface area contributed by atoms with Crippen LogP contribution in [0.4, 0.5) is 11.4 Å². The summed E-state index contributed by atoms with van der Waals surface area (Å²) in [4.78, 5) is 27.0. The van der Waals surface area contributed by atoms with E-state index in [1.807, 2.05) is 19.1 Å². The molecule has 0 aliphatic carbocycles. The molecule has 154 valence electrons. The lowest BCUT2D eigenvalue weighted by Gasteiger charge is -2.20. The highest BCUT2D eigenvalue weighted by atomic mass is 32.2. The molecule has 0 bridgehead atoms. The zero-order valence-corrected chi connectivity index (χ0v) is 17.2. The standard InChI is InChI=1S/C21H24N2O5S/c1-3-28-18-11-7-6-10-17(18)23-14-15(13-20(23)24)21(25)22-16-9-5-8-12-19(16)29(26,27)4-2/h5-12,15H,3-4,13-14H2,1-2H3,(H,22,25). The van der Waals surface area contributed by atoms with Gasteiger partial charge < -0.3 is 15.0 Å². The van der Waals surface area contributed by atoms with Crippen molar-refractivity contribution in [2.75, 3.05) is 29.1 Å². The van der Waals surface area contributed by atoms with Gasteiger partial charge in [0.1, 0.15) is 5.75 Å². The maximum atomic E-state index is 12.8. The van der Waals surface area contributed by atoms with Crippen LogP contribution in [0, 0.1) is 5.92 Å². The van der Waals surface area contributed by atoms with Gasteiger partial charge in [-0.1, -0.05) is 31.2 Å². The number of hydrogen-bond donors (Lipinski definition) is 1. The molecule has 3 rings (SSSR count). The van der Waals surface area contributed by atoms with E-state index in [1.165, 1.54) is 6.07 Å². The van der Waals surface area contributed by atoms with Gasteiger partial charge in [-0.3, -0.25) is 9.59 Å². The average Bonchev–Trinajstić information content (AvgIpc) is 3.10. The minimum atomic E-state index is -3.48. The summed E-state index contributed by atoms with van der Waals surface area (Å²) < 4.78 is 30.2. The van der Waals surface area contributed by atoms with Crippen LogP contribution in [0.25, 0.3) is 0 Å². The molecular weight excluding hydrogens is 392 g/mol. The third kappa shape index (κ3) is 4.42. The molecule has 0 radical (unpaired) electrons. The quantitative estimate of drug-likeness (QED) is 0.749. The first-order chi connectivity index (χ1) is 13.9. The van der Waals surface area contributed by atoms with Gasteiger partial charge in [-0.25, -0.2) is 8.42 Å². The Bertz CT molecular complexity index is 1020. The van der Waals surface area contributed by atoms with Crippen LogP contribution in [0.5, 0.6) is 5.75 Å². The summed E-state index contributed by atoms with van der Waals surface area (Å²) >= 11 is 0. The third-order valence-electron chi connectivity index (χ3n) is 4.81. The summed E-state index contributed by atoms with van der Waals surface area (Å²) in [5, 5.41) is 2.70. The van der Waals surface area contributed by atoms with Crippen molar-refractivity contribution in [1.29, 1.82) is 0 Å². The van der Waals surface area contributed by atoms with Gasteiger partial charge in [-0.15, -0.1) is 0 Å². The van der Waals surface area contributed by atoms with E-state index in [0.717, 1.165) is 0 Å². The zero-order chi connectivity index (χ0) is 21.0. The van der Waals surface area contributed by atoms with Gasteiger partial charge in [0, 0.05) is 13.0 Å². The van der Waals surface area contributed by atoms with Gasteiger partial charge in [-0.05, 0) is 31.2 Å². The Morgan fingerprint density at radius 1 is 1.14 bits per heavy atom. The molecule has 1 fully saturated rings. The van der Waals surface area contributed by atoms with Crippen molar-refractivity contribution in [2.45, 2.75) is 25.2 Å². The fourth-order valence-corrected chi connectivity index (χ4v) is 4.36. The van der Waals surface area contributed by atoms with Crippen molar-refractivity contribution in [2.24, 2.45) is 5.92 Å². The molecule has 1 N–H and O–H groups in total. The topological polar surface area (TPSA) is 92.8 Å². The average molecular weight is 416 g/mol. The highest BCUT2D eigenvalue weighted by Crippen LogP contribution is 2.33. The number of carbonyl (C=O) groups is 2. The SMILES string of the molecule is CCOc1ccccc1N1CC(C(=O)Nc2ccccc2S(=O)(=O)CC)CC1=O. The van der Waals surface area contributed by atoms with Crippen LogP contribution in [-0.4, -0.2) is 39.1 Å². The van der Waals surface area contributed by atoms with Crippen molar-refractivity contribution in [3.63, 3.8) is 0 Å². The number of anilines is 2. The Morgan fingerprint density at radius 2 is 1.83 bits per heavy atom. The molecule has 1 unspecified atom stereocenters. The summed E-state index contributed by atoms with van der Waals surface area (Å²) in [6.07, 6.45) is 0.0506. The molecule has 0 aromatic heterocycles. The molecule has 2 aromatic rings. The van der Waals surface area contributed by atoms with Crippen molar-refractivity contribution in [1.82, 2.24) is 0 Å². The predicted octanol–water partition coefficient (Wildman–Crippen LogP) is 2.87. The van der Waals surface area contributed by atoms with E-state index in [1.54, 1.807) is 42.2 Å². The number of amides is 2. The molecule has 1 saturated heterocycles. The number of benzene rings is 2. The second kappa shape index (κ2) is 8.65. The van der Waals surface area contributed by atoms with Gasteiger partial charge in [0.25, 0.3) is 0 Å². The summed E-state index contributed by atoms with van der Waals surface area (Å²) in [5.41, 5.74) is 0.864. The Hall–Kier alpha value is -2.87. The maximum Gasteiger partial charge on any atom is 0.229 e. The van der Waals surface area contributed by atoms with Crippen LogP contribution >= 0.6 is 0 Å². The number of ether oxygens (including phenoxy) is 1. The normalized spacial score (nSPS) is 16.7. The molecule has 29 heavy (non-hydrogen) atoms. The summed E-state index contributed by atoms with van der Waals surface area (Å²) in [5.74, 6) is -0.623. The minimum absolute atomic E-state index is 0.0506. The van der Waals surface area contributed by atoms with Crippen LogP contribution < -0.4 is 15.0 Å². The lowest BCUT2D eigenvalue weighted by molar-refractivity contribution is -0.122. The van der Waals surface area contributed by atoms with Gasteiger partial charge in [0.05, 0.1) is 34.5 Å². The second-order valence-corrected chi connectivity index (χ2v) is 8.94. The molecule has 2 amide bonds. The third-order valence-corrected chi connectivity index (χ3v) is 6.60. The van der Waals surface area contributed by atoms with E-state index in [2.05, 4.69) is 5.32 Å². The second-order valence-electron chi connectivity index (χ2n) is 6.69. The van der Waals surface area contributed by atoms with E-state index < -0.39 is 15.8 Å². The Kier molecular flexibility index (Phi) is 6.22. The fraction of sp³-hybridized carbons (Fsp3) is 0.333. The van der Waals surface area contributed by atoms with Crippen molar-refractivity contribution < 1.29 is 22.7 Å². The molecule has 1 heterocycles. The van der Waals surface area contributed by atoms with Crippen molar-refractivity contribution >= 4 is 33.0 Å². The summed E-state index contributed by atoms with van der Waals surface area (Å²) in [6, 6.07) is 13.5. The number of nitrogens with zero attached hydrogens (tertiary/aromatic N) is 1. The van der Waals surface area contributed by atoms with E-state index in [-0.39, 0.29) is 41.1 Å². The van der Waals surface area contributed by atoms with E-state index in [9.17, 15) is 18.0 Å². The van der Waals surface area contributed by atoms with Crippen LogP contribution in [0.1, 0.15) is 20.3 Å². The van der Waals surface area contributed by atoms with Gasteiger partial charge >= 0.3 is 0 Å². The highest BCUT2D eigenvalue weighted by molar-refractivity contribution is 7.91. The first-order valence-corrected chi connectivity index (χ1v) is 11.2. The maximum absolute atomic E-state index is 12.8. The van der Waals surface area contributed by atoms with Gasteiger partial charge in [0.2, 0.25) is 11.8 Å². The largest absolute Gasteiger partial charge is 0.492 e. The molecule has 1 aliphatic heterocycles. The number of para-hydroxylation sites is 3. The monoisotopic (exact) mass is 416 g/mol. The lowest BCUT2D eigenvalue weighted by Crippen LogP contribution is -2.28. The summed E-state index contributed by atoms with van der Waals surface area (Å²) in [6.45, 7) is 4.08. The highest BCUT2D eigenvalue weighted by Gasteiger charge is 2.36. The molecule has 7 nitrogen and oxygen atoms in total. The van der Waals surface area contributed by atoms with Crippen molar-refractivity contribution in [3.05, 3.63) is 48.5 Å². The molecular formula is C21H24N2O5S. The van der Waals surface area contributed by atoms with Gasteiger partial charge in [-0.2, -0.15) is 0 Å². The van der Waals surface area contributed by atoms with E-state index in [0.29, 0.717) is 18.0 Å². The molecule has 1 aliphatic rings. The number of nitrogens with one attached hydrogen (secondary N) is 1. The number of hydrogen-bond acceptors (Lipinski definition) is 5. The van der Waals surface area contributed by atoms with Crippen LogP contribution in [0.15, 0.2) is 53.4 Å². The molecule has 2 aromatic carbocycles. The molecule has 0 spiro atoms. The Morgan fingerprint density at radius 3 is 2.55 bits per heavy atom. The Labute approximate surface area is 170 Å². The predicted molar refractivity (Wildman–Crippen MR) is 111 cm³/mol. The smallest absolute Gasteiger partial charge is 0.229 e. The van der Waals surface area contributed by atoms with E-state index in [4.69, 9.17) is 4.74 Å². The van der Waals surface area contributed by atoms with Crippen LogP contribution in [-0.2, 0) is 19.4 Å². The summed E-state index contributed by atoms with van der Waals surface area (Å²) in [7, 11) is -3.48. The van der Waals surface area contributed by atoms with Crippen molar-refractivity contribution in [3.8, 4) is 5.75 Å². The van der Waals surface area contributed by atoms with Gasteiger partial charge in [0.15, 0.2) is 9.84 Å². The van der Waals surface area contributed by atoms with E-state index >= 15 is 0 Å². The van der Waals surface area contributed by atoms with Crippen LogP contribution in [0.2, 0.25) is 0 Å². The number of carbonyl (C=O) groups excluding carboxylic acids is 2. The number of rotatable bonds is 7.